The molecular weight excluding hydrogens is 924 g/mol. The van der Waals surface area contributed by atoms with E-state index in [1.54, 1.807) is 11.3 Å². The van der Waals surface area contributed by atoms with Gasteiger partial charge in [-0.05, 0) is 72.5 Å². The van der Waals surface area contributed by atoms with Crippen molar-refractivity contribution < 1.29 is 25.8 Å². The number of benzene rings is 6. The summed E-state index contributed by atoms with van der Waals surface area (Å²) in [4.78, 5) is 9.58. The van der Waals surface area contributed by atoms with Gasteiger partial charge in [0.05, 0.1) is 0 Å². The van der Waals surface area contributed by atoms with E-state index in [0.717, 1.165) is 66.6 Å². The molecule has 0 amide bonds. The maximum Gasteiger partial charge on any atom is 0.135 e. The van der Waals surface area contributed by atoms with E-state index in [9.17, 15) is 0 Å². The van der Waals surface area contributed by atoms with Gasteiger partial charge in [0.2, 0.25) is 0 Å². The molecule has 3 aromatic heterocycles. The molecule has 0 saturated carbocycles. The summed E-state index contributed by atoms with van der Waals surface area (Å²) in [5.41, 5.74) is 8.36. The van der Waals surface area contributed by atoms with Crippen LogP contribution >= 0.6 is 11.3 Å². The number of para-hydroxylation sites is 1. The van der Waals surface area contributed by atoms with Crippen LogP contribution in [-0.2, 0) is 26.5 Å². The Morgan fingerprint density at radius 3 is 2.03 bits per heavy atom. The first-order valence-corrected chi connectivity index (χ1v) is 20.6. The van der Waals surface area contributed by atoms with E-state index in [-0.39, 0.29) is 32.0 Å². The van der Waals surface area contributed by atoms with Gasteiger partial charge in [-0.25, -0.2) is 4.98 Å². The molecular formula is C52H43N4OPtS-3. The monoisotopic (exact) mass is 966 g/mol. The van der Waals surface area contributed by atoms with Gasteiger partial charge in [-0.3, -0.25) is 0 Å². The number of fused-ring (bicyclic) bond motifs is 7. The molecule has 1 aliphatic rings. The zero-order chi connectivity index (χ0) is 39.8. The number of nitrogens with zero attached hydrogens (tertiary/aromatic N) is 4. The van der Waals surface area contributed by atoms with E-state index in [1.165, 1.54) is 15.0 Å². The van der Waals surface area contributed by atoms with Crippen LogP contribution in [0.25, 0.3) is 59.2 Å². The van der Waals surface area contributed by atoms with Gasteiger partial charge < -0.3 is 19.1 Å². The molecule has 10 rings (SSSR count). The largest absolute Gasteiger partial charge is 0.508 e. The number of thiophene rings is 1. The summed E-state index contributed by atoms with van der Waals surface area (Å²) in [5, 5.41) is 4.51. The molecule has 0 atom stereocenters. The summed E-state index contributed by atoms with van der Waals surface area (Å²) in [7, 11) is 0. The Labute approximate surface area is 364 Å². The average Bonchev–Trinajstić information content (AvgIpc) is 3.92. The van der Waals surface area contributed by atoms with Gasteiger partial charge >= 0.3 is 0 Å². The molecule has 296 valence electrons. The molecule has 6 aromatic carbocycles. The van der Waals surface area contributed by atoms with Crippen molar-refractivity contribution in [3.63, 3.8) is 0 Å². The second-order valence-corrected chi connectivity index (χ2v) is 18.0. The van der Waals surface area contributed by atoms with Gasteiger partial charge in [0, 0.05) is 65.9 Å². The van der Waals surface area contributed by atoms with Crippen molar-refractivity contribution in [3.8, 4) is 17.3 Å². The predicted octanol–water partition coefficient (Wildman–Crippen LogP) is 13.8. The molecule has 0 N–H and O–H groups in total. The fraction of sp³-hybridized carbons (Fsp3) is 0.154. The fourth-order valence-electron chi connectivity index (χ4n) is 8.17. The van der Waals surface area contributed by atoms with E-state index < -0.39 is 0 Å². The van der Waals surface area contributed by atoms with E-state index in [2.05, 4.69) is 208 Å². The first-order chi connectivity index (χ1) is 28.0. The third-order valence-electron chi connectivity index (χ3n) is 11.0. The van der Waals surface area contributed by atoms with Crippen LogP contribution in [0.3, 0.4) is 0 Å². The maximum atomic E-state index is 7.07. The summed E-state index contributed by atoms with van der Waals surface area (Å²) in [5.74, 6) is 2.13. The van der Waals surface area contributed by atoms with Crippen LogP contribution in [0.4, 0.5) is 5.69 Å². The van der Waals surface area contributed by atoms with Crippen molar-refractivity contribution in [2.24, 2.45) is 0 Å². The van der Waals surface area contributed by atoms with Gasteiger partial charge in [0.25, 0.3) is 0 Å². The smallest absolute Gasteiger partial charge is 0.135 e. The molecule has 5 nitrogen and oxygen atoms in total. The van der Waals surface area contributed by atoms with Crippen LogP contribution in [0.1, 0.15) is 58.2 Å². The Kier molecular flexibility index (Phi) is 9.77. The average molecular weight is 967 g/mol. The Morgan fingerprint density at radius 2 is 1.32 bits per heavy atom. The minimum absolute atomic E-state index is 0. The van der Waals surface area contributed by atoms with Crippen LogP contribution in [-0.4, -0.2) is 20.0 Å². The van der Waals surface area contributed by atoms with Crippen LogP contribution in [0.2, 0.25) is 0 Å². The normalized spacial score (nSPS) is 13.6. The predicted molar refractivity (Wildman–Crippen MR) is 242 cm³/mol. The molecule has 0 aliphatic carbocycles. The number of rotatable bonds is 6. The van der Waals surface area contributed by atoms with Crippen molar-refractivity contribution in [2.45, 2.75) is 52.5 Å². The maximum absolute atomic E-state index is 7.07. The quantitative estimate of drug-likeness (QED) is 0.156. The summed E-state index contributed by atoms with van der Waals surface area (Å²) in [6, 6.07) is 56.5. The van der Waals surface area contributed by atoms with E-state index in [4.69, 9.17) is 9.72 Å². The molecule has 9 aromatic rings. The Morgan fingerprint density at radius 1 is 0.661 bits per heavy atom. The standard InChI is InChI=1S/C52H43N4OS.Pt/c1-51(2,3)36-28-29-53-45(30-36)56-41-26-15-13-24-39(41)46-42(56)32-43(47-40-25-14-16-27-44(40)58-50(46)47)57-38-23-17-22-37(31-38)54-33-55(52(4,5)6)49(35-20-11-8-12-21-35)48(54)34-18-9-7-10-19-34;/h7-30,33H,1-6H3;/q-3;. The summed E-state index contributed by atoms with van der Waals surface area (Å²) in [6.07, 6.45) is 1.92. The molecule has 0 radical (unpaired) electrons. The SMILES string of the molecule is CC(C)(C)c1ccnc(-n2c3[c-]c(Oc4[c-]c(N5[CH-]N(C(C)(C)C)C(c6ccccc6)=C5c5ccccc5)ccc4)c4c5ccccc5sc4c3c3ccccc32)c1.[Pt]. The number of anilines is 1. The van der Waals surface area contributed by atoms with Gasteiger partial charge in [0.15, 0.2) is 0 Å². The van der Waals surface area contributed by atoms with Crippen LogP contribution in [0, 0.1) is 18.8 Å². The fourth-order valence-corrected chi connectivity index (χ4v) is 9.43. The summed E-state index contributed by atoms with van der Waals surface area (Å²) < 4.78 is 11.7. The third kappa shape index (κ3) is 6.73. The van der Waals surface area contributed by atoms with Crippen molar-refractivity contribution in [1.29, 1.82) is 0 Å². The van der Waals surface area contributed by atoms with Gasteiger partial charge in [0.1, 0.15) is 5.82 Å². The topological polar surface area (TPSA) is 33.5 Å². The number of ether oxygens (including phenoxy) is 1. The summed E-state index contributed by atoms with van der Waals surface area (Å²) >= 11 is 1.80. The third-order valence-corrected chi connectivity index (χ3v) is 12.2. The number of pyridine rings is 1. The molecule has 0 saturated heterocycles. The second-order valence-electron chi connectivity index (χ2n) is 16.9. The number of aromatic nitrogens is 2. The molecule has 0 bridgehead atoms. The van der Waals surface area contributed by atoms with Crippen LogP contribution in [0.5, 0.6) is 11.5 Å². The molecule has 0 spiro atoms. The Hall–Kier alpha value is -5.68. The number of hydrogen-bond donors (Lipinski definition) is 0. The molecule has 0 fully saturated rings. The van der Waals surface area contributed by atoms with Crippen molar-refractivity contribution in [3.05, 3.63) is 181 Å². The minimum atomic E-state index is -0.205. The molecule has 7 heteroatoms. The van der Waals surface area contributed by atoms with Crippen molar-refractivity contribution >= 4 is 70.4 Å². The molecule has 1 aliphatic heterocycles. The van der Waals surface area contributed by atoms with Crippen LogP contribution in [0.15, 0.2) is 146 Å². The zero-order valence-electron chi connectivity index (χ0n) is 33.9. The second kappa shape index (κ2) is 14.9. The molecule has 0 unspecified atom stereocenters. The van der Waals surface area contributed by atoms with Crippen molar-refractivity contribution in [2.75, 3.05) is 4.90 Å². The van der Waals surface area contributed by atoms with Gasteiger partial charge in [-0.15, -0.1) is 30.0 Å². The van der Waals surface area contributed by atoms with Gasteiger partial charge in [-0.2, -0.15) is 24.1 Å². The first-order valence-electron chi connectivity index (χ1n) is 19.8. The van der Waals surface area contributed by atoms with Crippen LogP contribution < -0.4 is 9.64 Å². The molecule has 59 heavy (non-hydrogen) atoms. The van der Waals surface area contributed by atoms with Gasteiger partial charge in [-0.1, -0.05) is 144 Å². The Balaban J connectivity index is 0.00000449. The zero-order valence-corrected chi connectivity index (χ0v) is 36.9. The van der Waals surface area contributed by atoms with E-state index >= 15 is 0 Å². The summed E-state index contributed by atoms with van der Waals surface area (Å²) in [6.45, 7) is 15.7. The minimum Gasteiger partial charge on any atom is -0.508 e. The number of hydrogen-bond acceptors (Lipinski definition) is 5. The Bertz CT molecular complexity index is 3040. The van der Waals surface area contributed by atoms with E-state index in [1.807, 2.05) is 12.3 Å². The van der Waals surface area contributed by atoms with Crippen molar-refractivity contribution in [1.82, 2.24) is 14.5 Å². The molecule has 4 heterocycles. The first kappa shape index (κ1) is 38.8. The van der Waals surface area contributed by atoms with E-state index in [0.29, 0.717) is 11.5 Å².